The summed E-state index contributed by atoms with van der Waals surface area (Å²) in [5, 5.41) is 7.82. The molecule has 0 saturated carbocycles. The minimum absolute atomic E-state index is 0.325. The molecule has 0 amide bonds. The summed E-state index contributed by atoms with van der Waals surface area (Å²) < 4.78 is 6.93. The van der Waals surface area contributed by atoms with E-state index in [1.807, 2.05) is 12.1 Å². The third kappa shape index (κ3) is 1.14. The van der Waals surface area contributed by atoms with Gasteiger partial charge in [0.15, 0.2) is 0 Å². The van der Waals surface area contributed by atoms with E-state index >= 15 is 0 Å². The van der Waals surface area contributed by atoms with Crippen molar-refractivity contribution in [1.29, 1.82) is 0 Å². The lowest BCUT2D eigenvalue weighted by Crippen LogP contribution is -2.06. The number of carbonyl (C=O) groups excluding carboxylic acids is 1. The molecule has 1 aromatic heterocycles. The number of hydrogen-bond acceptors (Lipinski definition) is 4. The maximum Gasteiger partial charge on any atom is 0.340 e. The molecule has 5 heteroatoms. The highest BCUT2D eigenvalue weighted by Gasteiger charge is 2.26. The van der Waals surface area contributed by atoms with Gasteiger partial charge in [0, 0.05) is 0 Å². The highest BCUT2D eigenvalue weighted by atomic mass is 16.5. The van der Waals surface area contributed by atoms with Gasteiger partial charge in [0.05, 0.1) is 17.4 Å². The van der Waals surface area contributed by atoms with Crippen LogP contribution in [-0.4, -0.2) is 21.0 Å². The van der Waals surface area contributed by atoms with Gasteiger partial charge in [0.25, 0.3) is 0 Å². The Hall–Kier alpha value is -2.17. The summed E-state index contributed by atoms with van der Waals surface area (Å²) in [7, 11) is 0. The van der Waals surface area contributed by atoms with E-state index in [0.717, 1.165) is 5.69 Å². The standard InChI is InChI=1S/C11H9N3O2/c1-7-10-6-12-13-14(10)9-5-3-2-4-8(9)11(15)16-7/h2-7H,1H3. The van der Waals surface area contributed by atoms with Crippen molar-refractivity contribution in [2.24, 2.45) is 0 Å². The van der Waals surface area contributed by atoms with Gasteiger partial charge in [-0.3, -0.25) is 0 Å². The van der Waals surface area contributed by atoms with Gasteiger partial charge in [-0.2, -0.15) is 0 Å². The van der Waals surface area contributed by atoms with Crippen molar-refractivity contribution in [2.45, 2.75) is 13.0 Å². The van der Waals surface area contributed by atoms with E-state index in [4.69, 9.17) is 4.74 Å². The Morgan fingerprint density at radius 1 is 1.38 bits per heavy atom. The monoisotopic (exact) mass is 215 g/mol. The van der Waals surface area contributed by atoms with Crippen molar-refractivity contribution in [3.05, 3.63) is 41.7 Å². The fraction of sp³-hybridized carbons (Fsp3) is 0.182. The number of fused-ring (bicyclic) bond motifs is 3. The summed E-state index contributed by atoms with van der Waals surface area (Å²) in [6.45, 7) is 1.80. The van der Waals surface area contributed by atoms with Crippen LogP contribution in [0.2, 0.25) is 0 Å². The number of para-hydroxylation sites is 1. The van der Waals surface area contributed by atoms with E-state index in [1.54, 1.807) is 29.9 Å². The maximum absolute atomic E-state index is 11.8. The average Bonchev–Trinajstić information content (AvgIpc) is 2.74. The van der Waals surface area contributed by atoms with Gasteiger partial charge in [-0.05, 0) is 19.1 Å². The number of esters is 1. The molecule has 0 aliphatic carbocycles. The first-order valence-corrected chi connectivity index (χ1v) is 4.98. The van der Waals surface area contributed by atoms with E-state index in [9.17, 15) is 4.79 Å². The molecule has 2 heterocycles. The molecule has 3 rings (SSSR count). The Labute approximate surface area is 91.6 Å². The predicted octanol–water partition coefficient (Wildman–Crippen LogP) is 1.50. The molecule has 5 nitrogen and oxygen atoms in total. The summed E-state index contributed by atoms with van der Waals surface area (Å²) in [5.41, 5.74) is 2.00. The first-order valence-electron chi connectivity index (χ1n) is 4.98. The lowest BCUT2D eigenvalue weighted by molar-refractivity contribution is 0.0338. The van der Waals surface area contributed by atoms with Crippen LogP contribution in [0, 0.1) is 0 Å². The first-order chi connectivity index (χ1) is 7.77. The number of carbonyl (C=O) groups is 1. The number of hydrogen-bond donors (Lipinski definition) is 0. The molecule has 0 saturated heterocycles. The van der Waals surface area contributed by atoms with Crippen molar-refractivity contribution >= 4 is 5.97 Å². The van der Waals surface area contributed by atoms with Crippen molar-refractivity contribution in [2.75, 3.05) is 0 Å². The number of benzene rings is 1. The molecular weight excluding hydrogens is 206 g/mol. The Balaban J connectivity index is 2.32. The number of nitrogens with zero attached hydrogens (tertiary/aromatic N) is 3. The summed E-state index contributed by atoms with van der Waals surface area (Å²) in [6.07, 6.45) is 1.27. The highest BCUT2D eigenvalue weighted by molar-refractivity contribution is 5.94. The number of aromatic nitrogens is 3. The zero-order valence-electron chi connectivity index (χ0n) is 8.62. The van der Waals surface area contributed by atoms with Crippen molar-refractivity contribution in [3.8, 4) is 5.69 Å². The summed E-state index contributed by atoms with van der Waals surface area (Å²) in [4.78, 5) is 11.8. The van der Waals surface area contributed by atoms with Gasteiger partial charge in [-0.25, -0.2) is 9.48 Å². The average molecular weight is 215 g/mol. The van der Waals surface area contributed by atoms with Crippen molar-refractivity contribution in [3.63, 3.8) is 0 Å². The molecule has 1 aromatic carbocycles. The van der Waals surface area contributed by atoms with Gasteiger partial charge < -0.3 is 4.74 Å². The summed E-state index contributed by atoms with van der Waals surface area (Å²) in [6, 6.07) is 7.20. The Morgan fingerprint density at radius 2 is 2.19 bits per heavy atom. The highest BCUT2D eigenvalue weighted by Crippen LogP contribution is 2.27. The fourth-order valence-corrected chi connectivity index (χ4v) is 1.82. The molecular formula is C11H9N3O2. The molecule has 1 aliphatic rings. The second-order valence-electron chi connectivity index (χ2n) is 3.64. The molecule has 1 atom stereocenters. The van der Waals surface area contributed by atoms with E-state index in [1.165, 1.54) is 0 Å². The van der Waals surface area contributed by atoms with E-state index in [-0.39, 0.29) is 12.1 Å². The zero-order chi connectivity index (χ0) is 11.1. The topological polar surface area (TPSA) is 57.0 Å². The van der Waals surface area contributed by atoms with Gasteiger partial charge >= 0.3 is 5.97 Å². The van der Waals surface area contributed by atoms with Gasteiger partial charge in [-0.1, -0.05) is 17.3 Å². The molecule has 0 radical (unpaired) electrons. The van der Waals surface area contributed by atoms with Crippen LogP contribution in [0.4, 0.5) is 0 Å². The number of cyclic esters (lactones) is 1. The van der Waals surface area contributed by atoms with E-state index in [0.29, 0.717) is 11.3 Å². The molecule has 0 fully saturated rings. The molecule has 0 spiro atoms. The van der Waals surface area contributed by atoms with E-state index < -0.39 is 0 Å². The third-order valence-corrected chi connectivity index (χ3v) is 2.63. The lowest BCUT2D eigenvalue weighted by Gasteiger charge is -2.07. The minimum Gasteiger partial charge on any atom is -0.452 e. The Bertz CT molecular complexity index is 562. The lowest BCUT2D eigenvalue weighted by atomic mass is 10.2. The second kappa shape index (κ2) is 3.16. The molecule has 2 aromatic rings. The van der Waals surface area contributed by atoms with Gasteiger partial charge in [0.1, 0.15) is 11.8 Å². The van der Waals surface area contributed by atoms with Crippen LogP contribution in [0.25, 0.3) is 5.69 Å². The normalized spacial score (nSPS) is 18.3. The Morgan fingerprint density at radius 3 is 3.06 bits per heavy atom. The summed E-state index contributed by atoms with van der Waals surface area (Å²) >= 11 is 0. The van der Waals surface area contributed by atoms with Crippen LogP contribution in [0.15, 0.2) is 30.5 Å². The van der Waals surface area contributed by atoms with Crippen LogP contribution < -0.4 is 0 Å². The van der Waals surface area contributed by atoms with Crippen LogP contribution in [0.1, 0.15) is 29.1 Å². The van der Waals surface area contributed by atoms with Crippen LogP contribution >= 0.6 is 0 Å². The predicted molar refractivity (Wildman–Crippen MR) is 55.2 cm³/mol. The summed E-state index contributed by atoms with van der Waals surface area (Å²) in [5.74, 6) is -0.325. The molecule has 80 valence electrons. The van der Waals surface area contributed by atoms with Crippen LogP contribution in [0.5, 0.6) is 0 Å². The van der Waals surface area contributed by atoms with Gasteiger partial charge in [-0.15, -0.1) is 5.10 Å². The SMILES string of the molecule is CC1OC(=O)c2ccccc2-n2nncc21. The minimum atomic E-state index is -0.338. The number of rotatable bonds is 0. The van der Waals surface area contributed by atoms with Gasteiger partial charge in [0.2, 0.25) is 0 Å². The van der Waals surface area contributed by atoms with Crippen LogP contribution in [-0.2, 0) is 4.74 Å². The quantitative estimate of drug-likeness (QED) is 0.625. The molecule has 0 bridgehead atoms. The molecule has 0 N–H and O–H groups in total. The number of ether oxygens (including phenoxy) is 1. The van der Waals surface area contributed by atoms with Crippen LogP contribution in [0.3, 0.4) is 0 Å². The molecule has 1 unspecified atom stereocenters. The van der Waals surface area contributed by atoms with E-state index in [2.05, 4.69) is 10.3 Å². The van der Waals surface area contributed by atoms with Crippen molar-refractivity contribution < 1.29 is 9.53 Å². The molecule has 1 aliphatic heterocycles. The maximum atomic E-state index is 11.8. The Kier molecular flexibility index (Phi) is 1.80. The van der Waals surface area contributed by atoms with Crippen molar-refractivity contribution in [1.82, 2.24) is 15.0 Å². The fourth-order valence-electron chi connectivity index (χ4n) is 1.82. The first kappa shape index (κ1) is 9.08. The zero-order valence-corrected chi connectivity index (χ0v) is 8.62. The molecule has 16 heavy (non-hydrogen) atoms. The largest absolute Gasteiger partial charge is 0.452 e. The smallest absolute Gasteiger partial charge is 0.340 e. The second-order valence-corrected chi connectivity index (χ2v) is 3.64. The third-order valence-electron chi connectivity index (χ3n) is 2.63.